The number of methoxy groups -OCH3 is 2. The second-order valence-corrected chi connectivity index (χ2v) is 5.84. The Morgan fingerprint density at radius 2 is 1.96 bits per heavy atom. The normalized spacial score (nSPS) is 11.7. The molecule has 2 N–H and O–H groups in total. The molecule has 0 bridgehead atoms. The highest BCUT2D eigenvalue weighted by atomic mass is 19.1. The Morgan fingerprint density at radius 1 is 1.28 bits per heavy atom. The lowest BCUT2D eigenvalue weighted by Crippen LogP contribution is -2.36. The van der Waals surface area contributed by atoms with E-state index in [0.717, 1.165) is 12.8 Å². The predicted octanol–water partition coefficient (Wildman–Crippen LogP) is 3.32. The number of carbonyl (C=O) groups is 1. The molecule has 1 aromatic heterocycles. The van der Waals surface area contributed by atoms with Crippen molar-refractivity contribution in [3.8, 4) is 11.5 Å². The van der Waals surface area contributed by atoms with Crippen molar-refractivity contribution in [2.24, 2.45) is 7.05 Å². The molecular formula is C18H24FN3O3. The lowest BCUT2D eigenvalue weighted by Gasteiger charge is -2.16. The first-order chi connectivity index (χ1) is 11.9. The van der Waals surface area contributed by atoms with Gasteiger partial charge in [0.1, 0.15) is 0 Å². The van der Waals surface area contributed by atoms with Crippen molar-refractivity contribution >= 4 is 11.7 Å². The number of anilines is 1. The zero-order valence-corrected chi connectivity index (χ0v) is 14.9. The Kier molecular flexibility index (Phi) is 6.27. The van der Waals surface area contributed by atoms with Crippen LogP contribution >= 0.6 is 0 Å². The fraction of sp³-hybridized carbons (Fsp3) is 0.389. The zero-order chi connectivity index (χ0) is 18.4. The molecule has 1 atom stereocenters. The van der Waals surface area contributed by atoms with Gasteiger partial charge in [0.05, 0.1) is 19.9 Å². The second kappa shape index (κ2) is 8.41. The molecule has 1 aromatic carbocycles. The quantitative estimate of drug-likeness (QED) is 0.806. The van der Waals surface area contributed by atoms with Crippen LogP contribution in [0.25, 0.3) is 0 Å². The first kappa shape index (κ1) is 18.6. The maximum absolute atomic E-state index is 14.0. The first-order valence-electron chi connectivity index (χ1n) is 8.03. The summed E-state index contributed by atoms with van der Waals surface area (Å²) >= 11 is 0. The van der Waals surface area contributed by atoms with Gasteiger partial charge in [0.2, 0.25) is 0 Å². The number of aryl methyl sites for hydroxylation is 2. The average molecular weight is 349 g/mol. The Bertz CT molecular complexity index is 730. The standard InChI is InChI=1S/C18H24FN3O3/c1-12(7-8-13-6-5-9-22(13)2)20-18(23)21-15-11-17(25-4)16(24-3)10-14(15)19/h5-6,9-12H,7-8H2,1-4H3,(H2,20,21,23)/t12-/m1/s1. The molecule has 2 rings (SSSR count). The molecular weight excluding hydrogens is 325 g/mol. The zero-order valence-electron chi connectivity index (χ0n) is 14.9. The van der Waals surface area contributed by atoms with E-state index in [9.17, 15) is 9.18 Å². The molecule has 0 spiro atoms. The van der Waals surface area contributed by atoms with Crippen molar-refractivity contribution in [3.63, 3.8) is 0 Å². The van der Waals surface area contributed by atoms with Crippen LogP contribution in [0.5, 0.6) is 11.5 Å². The molecule has 136 valence electrons. The highest BCUT2D eigenvalue weighted by Crippen LogP contribution is 2.32. The minimum atomic E-state index is -0.593. The molecule has 6 nitrogen and oxygen atoms in total. The SMILES string of the molecule is COc1cc(F)c(NC(=O)N[C@H](C)CCc2cccn2C)cc1OC. The van der Waals surface area contributed by atoms with Crippen LogP contribution in [0, 0.1) is 5.82 Å². The lowest BCUT2D eigenvalue weighted by atomic mass is 10.1. The number of nitrogens with zero attached hydrogens (tertiary/aromatic N) is 1. The van der Waals surface area contributed by atoms with E-state index in [1.54, 1.807) is 0 Å². The van der Waals surface area contributed by atoms with Crippen LogP contribution in [0.1, 0.15) is 19.0 Å². The number of hydrogen-bond acceptors (Lipinski definition) is 3. The number of ether oxygens (including phenoxy) is 2. The number of urea groups is 1. The highest BCUT2D eigenvalue weighted by molar-refractivity contribution is 5.90. The van der Waals surface area contributed by atoms with Crippen molar-refractivity contribution < 1.29 is 18.7 Å². The van der Waals surface area contributed by atoms with Crippen LogP contribution in [0.4, 0.5) is 14.9 Å². The minimum Gasteiger partial charge on any atom is -0.493 e. The minimum absolute atomic E-state index is 0.0322. The van der Waals surface area contributed by atoms with Gasteiger partial charge in [-0.3, -0.25) is 0 Å². The largest absolute Gasteiger partial charge is 0.493 e. The molecule has 0 saturated heterocycles. The van der Waals surface area contributed by atoms with Gasteiger partial charge in [0.25, 0.3) is 0 Å². The van der Waals surface area contributed by atoms with E-state index >= 15 is 0 Å². The monoisotopic (exact) mass is 349 g/mol. The van der Waals surface area contributed by atoms with Gasteiger partial charge in [-0.15, -0.1) is 0 Å². The summed E-state index contributed by atoms with van der Waals surface area (Å²) in [6.07, 6.45) is 3.61. The maximum atomic E-state index is 14.0. The van der Waals surface area contributed by atoms with Crippen molar-refractivity contribution in [2.75, 3.05) is 19.5 Å². The van der Waals surface area contributed by atoms with Gasteiger partial charge in [0.15, 0.2) is 17.3 Å². The van der Waals surface area contributed by atoms with Crippen LogP contribution < -0.4 is 20.1 Å². The van der Waals surface area contributed by atoms with Crippen LogP contribution in [0.15, 0.2) is 30.5 Å². The number of nitrogens with one attached hydrogen (secondary N) is 2. The number of aromatic nitrogens is 1. The number of benzene rings is 1. The molecule has 1 heterocycles. The number of amides is 2. The topological polar surface area (TPSA) is 64.5 Å². The summed E-state index contributed by atoms with van der Waals surface area (Å²) in [6, 6.07) is 6.07. The molecule has 2 amide bonds. The van der Waals surface area contributed by atoms with Gasteiger partial charge in [-0.1, -0.05) is 0 Å². The number of rotatable bonds is 7. The maximum Gasteiger partial charge on any atom is 0.319 e. The van der Waals surface area contributed by atoms with Crippen LogP contribution in [-0.4, -0.2) is 30.9 Å². The van der Waals surface area contributed by atoms with Crippen LogP contribution in [0.3, 0.4) is 0 Å². The van der Waals surface area contributed by atoms with Crippen LogP contribution in [-0.2, 0) is 13.5 Å². The summed E-state index contributed by atoms with van der Waals surface area (Å²) < 4.78 is 26.2. The summed E-state index contributed by atoms with van der Waals surface area (Å²) in [4.78, 5) is 12.1. The summed E-state index contributed by atoms with van der Waals surface area (Å²) in [5.41, 5.74) is 1.23. The first-order valence-corrected chi connectivity index (χ1v) is 8.03. The van der Waals surface area contributed by atoms with Crippen molar-refractivity contribution in [3.05, 3.63) is 42.0 Å². The summed E-state index contributed by atoms with van der Waals surface area (Å²) in [5, 5.41) is 5.31. The Morgan fingerprint density at radius 3 is 2.56 bits per heavy atom. The summed E-state index contributed by atoms with van der Waals surface area (Å²) in [7, 11) is 4.86. The van der Waals surface area contributed by atoms with Gasteiger partial charge in [-0.25, -0.2) is 9.18 Å². The predicted molar refractivity (Wildman–Crippen MR) is 94.9 cm³/mol. The molecule has 2 aromatic rings. The van der Waals surface area contributed by atoms with Crippen molar-refractivity contribution in [1.29, 1.82) is 0 Å². The molecule has 25 heavy (non-hydrogen) atoms. The molecule has 0 aliphatic rings. The van der Waals surface area contributed by atoms with Crippen LogP contribution in [0.2, 0.25) is 0 Å². The molecule has 0 unspecified atom stereocenters. The Balaban J connectivity index is 1.92. The smallest absolute Gasteiger partial charge is 0.319 e. The number of halogens is 1. The van der Waals surface area contributed by atoms with E-state index in [1.807, 2.05) is 36.9 Å². The highest BCUT2D eigenvalue weighted by Gasteiger charge is 2.14. The van der Waals surface area contributed by atoms with E-state index in [0.29, 0.717) is 5.75 Å². The van der Waals surface area contributed by atoms with E-state index in [4.69, 9.17) is 9.47 Å². The fourth-order valence-electron chi connectivity index (χ4n) is 2.52. The average Bonchev–Trinajstić information content (AvgIpc) is 2.99. The van der Waals surface area contributed by atoms with Gasteiger partial charge in [-0.2, -0.15) is 0 Å². The molecule has 0 aliphatic heterocycles. The fourth-order valence-corrected chi connectivity index (χ4v) is 2.52. The van der Waals surface area contributed by atoms with Gasteiger partial charge in [0, 0.05) is 37.1 Å². The van der Waals surface area contributed by atoms with E-state index in [-0.39, 0.29) is 17.5 Å². The third-order valence-corrected chi connectivity index (χ3v) is 3.98. The molecule has 0 radical (unpaired) electrons. The third-order valence-electron chi connectivity index (χ3n) is 3.98. The third kappa shape index (κ3) is 4.89. The molecule has 0 fully saturated rings. The van der Waals surface area contributed by atoms with E-state index < -0.39 is 11.8 Å². The summed E-state index contributed by atoms with van der Waals surface area (Å²) in [5.74, 6) is 0.0158. The molecule has 7 heteroatoms. The van der Waals surface area contributed by atoms with Gasteiger partial charge < -0.3 is 24.7 Å². The van der Waals surface area contributed by atoms with Gasteiger partial charge >= 0.3 is 6.03 Å². The Labute approximate surface area is 146 Å². The number of carbonyl (C=O) groups excluding carboxylic acids is 1. The van der Waals surface area contributed by atoms with E-state index in [1.165, 1.54) is 32.0 Å². The van der Waals surface area contributed by atoms with E-state index in [2.05, 4.69) is 10.6 Å². The van der Waals surface area contributed by atoms with Crippen molar-refractivity contribution in [1.82, 2.24) is 9.88 Å². The second-order valence-electron chi connectivity index (χ2n) is 5.84. The lowest BCUT2D eigenvalue weighted by molar-refractivity contribution is 0.248. The molecule has 0 saturated carbocycles. The molecule has 0 aliphatic carbocycles. The van der Waals surface area contributed by atoms with Gasteiger partial charge in [-0.05, 0) is 31.9 Å². The summed E-state index contributed by atoms with van der Waals surface area (Å²) in [6.45, 7) is 1.91. The Hall–Kier alpha value is -2.70. The van der Waals surface area contributed by atoms with Crippen molar-refractivity contribution in [2.45, 2.75) is 25.8 Å². The number of hydrogen-bond donors (Lipinski definition) is 2.